The van der Waals surface area contributed by atoms with E-state index in [4.69, 9.17) is 9.47 Å². The number of amides is 3. The molecule has 3 N–H and O–H groups in total. The van der Waals surface area contributed by atoms with Crippen LogP contribution in [-0.4, -0.2) is 70.8 Å². The van der Waals surface area contributed by atoms with Gasteiger partial charge in [0.15, 0.2) is 0 Å². The number of carbonyl (C=O) groups excluding carboxylic acids is 3. The first-order valence-electron chi connectivity index (χ1n) is 16.5. The van der Waals surface area contributed by atoms with Gasteiger partial charge in [0.2, 0.25) is 11.8 Å². The molecular weight excluding hydrogens is 586 g/mol. The summed E-state index contributed by atoms with van der Waals surface area (Å²) < 4.78 is 12.1. The molecule has 5 rings (SSSR count). The Hall–Kier alpha value is -4.34. The van der Waals surface area contributed by atoms with Gasteiger partial charge in [-0.1, -0.05) is 81.1 Å². The first-order valence-corrected chi connectivity index (χ1v) is 16.5. The monoisotopic (exact) mass is 631 g/mol. The van der Waals surface area contributed by atoms with Gasteiger partial charge in [-0.2, -0.15) is 0 Å². The minimum Gasteiger partial charge on any atom is -0.488 e. The maximum absolute atomic E-state index is 14.1. The van der Waals surface area contributed by atoms with Gasteiger partial charge in [-0.15, -0.1) is 6.58 Å². The molecule has 2 aromatic rings. The van der Waals surface area contributed by atoms with Crippen molar-refractivity contribution < 1.29 is 33.8 Å². The van der Waals surface area contributed by atoms with Crippen molar-refractivity contribution in [3.05, 3.63) is 66.7 Å². The van der Waals surface area contributed by atoms with E-state index in [9.17, 15) is 24.3 Å². The zero-order valence-corrected chi connectivity index (χ0v) is 26.5. The Bertz CT molecular complexity index is 1430. The first-order chi connectivity index (χ1) is 22.3. The van der Waals surface area contributed by atoms with Crippen LogP contribution in [0, 0.1) is 5.92 Å². The number of unbranched alkanes of at least 4 members (excludes halogenated alkanes) is 1. The van der Waals surface area contributed by atoms with Crippen molar-refractivity contribution in [2.24, 2.45) is 5.92 Å². The minimum atomic E-state index is -1.44. The number of alkyl carbamates (subject to hydrolysis) is 1. The Morgan fingerprint density at radius 2 is 1.89 bits per heavy atom. The van der Waals surface area contributed by atoms with Gasteiger partial charge in [-0.05, 0) is 54.9 Å². The molecule has 10 nitrogen and oxygen atoms in total. The van der Waals surface area contributed by atoms with Gasteiger partial charge in [0, 0.05) is 12.3 Å². The van der Waals surface area contributed by atoms with Gasteiger partial charge in [0.05, 0.1) is 13.2 Å². The molecule has 2 bridgehead atoms. The van der Waals surface area contributed by atoms with E-state index in [0.29, 0.717) is 25.0 Å². The molecule has 2 aromatic carbocycles. The summed E-state index contributed by atoms with van der Waals surface area (Å²) in [5.41, 5.74) is 1.64. The van der Waals surface area contributed by atoms with E-state index in [1.165, 1.54) is 11.0 Å². The summed E-state index contributed by atoms with van der Waals surface area (Å²) in [4.78, 5) is 54.3. The van der Waals surface area contributed by atoms with Gasteiger partial charge in [-0.3, -0.25) is 9.59 Å². The fourth-order valence-electron chi connectivity index (χ4n) is 6.54. The highest BCUT2D eigenvalue weighted by Gasteiger charge is 2.61. The van der Waals surface area contributed by atoms with Crippen molar-refractivity contribution in [1.29, 1.82) is 0 Å². The molecule has 46 heavy (non-hydrogen) atoms. The van der Waals surface area contributed by atoms with Gasteiger partial charge in [-0.25, -0.2) is 9.59 Å². The third-order valence-corrected chi connectivity index (χ3v) is 9.35. The fourth-order valence-corrected chi connectivity index (χ4v) is 6.54. The van der Waals surface area contributed by atoms with Gasteiger partial charge >= 0.3 is 12.1 Å². The van der Waals surface area contributed by atoms with E-state index in [1.54, 1.807) is 0 Å². The van der Waals surface area contributed by atoms with Crippen molar-refractivity contribution in [2.75, 3.05) is 13.2 Å². The molecule has 246 valence electrons. The SMILES string of the molecule is C=CC1C[C@]1(NC(=O)[C@@H]1C[C@@H]2CN1C(=O)[C@H](CCCC)NC(=O)OCCCCCCc1ccc(-c3ccccc3)cc1O2)C(=O)O. The second kappa shape index (κ2) is 14.8. The number of carbonyl (C=O) groups is 4. The zero-order chi connectivity index (χ0) is 32.7. The average Bonchev–Trinajstić information content (AvgIpc) is 3.62. The number of fused-ring (bicyclic) bond motifs is 3. The number of nitrogens with one attached hydrogen (secondary N) is 2. The van der Waals surface area contributed by atoms with Crippen LogP contribution in [0.4, 0.5) is 4.79 Å². The molecule has 3 amide bonds. The Labute approximate surface area is 270 Å². The third-order valence-electron chi connectivity index (χ3n) is 9.35. The second-order valence-corrected chi connectivity index (χ2v) is 12.6. The molecule has 1 unspecified atom stereocenters. The van der Waals surface area contributed by atoms with Crippen molar-refractivity contribution in [3.63, 3.8) is 0 Å². The standard InChI is InChI=1S/C36H45N3O7/c1-3-5-16-29-33(41)39-23-28(21-30(39)32(40)38-36(34(42)43)22-27(36)4-2)46-31-20-26(24-13-10-8-11-14-24)18-17-25(31)15-9-6-7-12-19-45-35(44)37-29/h4,8,10-11,13-14,17-18,20,27-30H,2-3,5-7,9,12,15-16,19,21-23H2,1H3,(H,37,44)(H,38,40)(H,42,43)/t27?,28-,29+,30+,36-/m1/s1. The predicted molar refractivity (Wildman–Crippen MR) is 173 cm³/mol. The quantitative estimate of drug-likeness (QED) is 0.339. The number of cyclic esters (lactones) is 1. The lowest BCUT2D eigenvalue weighted by Gasteiger charge is -2.29. The zero-order valence-electron chi connectivity index (χ0n) is 26.5. The van der Waals surface area contributed by atoms with Crippen molar-refractivity contribution in [2.45, 2.75) is 94.9 Å². The van der Waals surface area contributed by atoms with Crippen LogP contribution in [0.15, 0.2) is 61.2 Å². The highest BCUT2D eigenvalue weighted by atomic mass is 16.5. The Kier molecular flexibility index (Phi) is 10.7. The molecule has 2 fully saturated rings. The third kappa shape index (κ3) is 7.54. The summed E-state index contributed by atoms with van der Waals surface area (Å²) in [7, 11) is 0. The lowest BCUT2D eigenvalue weighted by molar-refractivity contribution is -0.145. The van der Waals surface area contributed by atoms with Crippen molar-refractivity contribution in [1.82, 2.24) is 15.5 Å². The molecule has 3 aliphatic rings. The molecule has 10 heteroatoms. The highest BCUT2D eigenvalue weighted by molar-refractivity contribution is 5.96. The maximum atomic E-state index is 14.1. The number of carboxylic acids is 1. The van der Waals surface area contributed by atoms with Gasteiger partial charge in [0.1, 0.15) is 29.5 Å². The van der Waals surface area contributed by atoms with E-state index in [2.05, 4.69) is 29.3 Å². The van der Waals surface area contributed by atoms with Crippen LogP contribution in [0.3, 0.4) is 0 Å². The first kappa shape index (κ1) is 33.0. The smallest absolute Gasteiger partial charge is 0.407 e. The molecule has 0 spiro atoms. The number of aliphatic carboxylic acids is 1. The van der Waals surface area contributed by atoms with E-state index in [-0.39, 0.29) is 26.0 Å². The van der Waals surface area contributed by atoms with E-state index in [0.717, 1.165) is 48.8 Å². The van der Waals surface area contributed by atoms with Crippen LogP contribution in [0.5, 0.6) is 5.75 Å². The predicted octanol–water partition coefficient (Wildman–Crippen LogP) is 5.25. The minimum absolute atomic E-state index is 0.107. The number of aryl methyl sites for hydroxylation is 1. The topological polar surface area (TPSA) is 134 Å². The van der Waals surface area contributed by atoms with Crippen LogP contribution in [-0.2, 0) is 25.5 Å². The van der Waals surface area contributed by atoms with E-state index < -0.39 is 53.5 Å². The number of hydrogen-bond acceptors (Lipinski definition) is 6. The number of ether oxygens (including phenoxy) is 2. The Morgan fingerprint density at radius 3 is 2.61 bits per heavy atom. The lowest BCUT2D eigenvalue weighted by Crippen LogP contribution is -2.56. The van der Waals surface area contributed by atoms with Crippen molar-refractivity contribution in [3.8, 4) is 16.9 Å². The molecular formula is C36H45N3O7. The normalized spacial score (nSPS) is 26.8. The highest BCUT2D eigenvalue weighted by Crippen LogP contribution is 2.45. The van der Waals surface area contributed by atoms with Crippen LogP contribution in [0.25, 0.3) is 11.1 Å². The summed E-state index contributed by atoms with van der Waals surface area (Å²) in [6.45, 7) is 6.07. The van der Waals surface area contributed by atoms with E-state index in [1.807, 2.05) is 43.3 Å². The molecule has 0 aromatic heterocycles. The number of benzene rings is 2. The van der Waals surface area contributed by atoms with Crippen LogP contribution in [0.1, 0.15) is 70.3 Å². The van der Waals surface area contributed by atoms with E-state index >= 15 is 0 Å². The van der Waals surface area contributed by atoms with Crippen molar-refractivity contribution >= 4 is 23.9 Å². The summed E-state index contributed by atoms with van der Waals surface area (Å²) in [6.07, 6.45) is 6.89. The van der Waals surface area contributed by atoms with Gasteiger partial charge < -0.3 is 30.1 Å². The Morgan fingerprint density at radius 1 is 1.11 bits per heavy atom. The molecule has 0 radical (unpaired) electrons. The number of carboxylic acid groups (broad SMARTS) is 1. The largest absolute Gasteiger partial charge is 0.488 e. The van der Waals surface area contributed by atoms with Crippen LogP contribution >= 0.6 is 0 Å². The molecule has 5 atom stereocenters. The van der Waals surface area contributed by atoms with Crippen LogP contribution in [0.2, 0.25) is 0 Å². The molecule has 1 saturated heterocycles. The Balaban J connectivity index is 1.47. The number of rotatable bonds is 8. The molecule has 2 heterocycles. The molecule has 1 saturated carbocycles. The summed E-state index contributed by atoms with van der Waals surface area (Å²) in [6, 6.07) is 14.3. The number of nitrogens with zero attached hydrogens (tertiary/aromatic N) is 1. The van der Waals surface area contributed by atoms with Crippen LogP contribution < -0.4 is 15.4 Å². The van der Waals surface area contributed by atoms with Gasteiger partial charge in [0.25, 0.3) is 0 Å². The summed E-state index contributed by atoms with van der Waals surface area (Å²) >= 11 is 0. The molecule has 1 aliphatic carbocycles. The summed E-state index contributed by atoms with van der Waals surface area (Å²) in [5.74, 6) is -1.81. The molecule has 2 aliphatic heterocycles. The average molecular weight is 632 g/mol. The number of hydrogen-bond donors (Lipinski definition) is 3. The lowest BCUT2D eigenvalue weighted by atomic mass is 9.99. The second-order valence-electron chi connectivity index (χ2n) is 12.6. The fraction of sp³-hybridized carbons (Fsp3) is 0.500. The maximum Gasteiger partial charge on any atom is 0.407 e. The summed E-state index contributed by atoms with van der Waals surface area (Å²) in [5, 5.41) is 15.4.